The van der Waals surface area contributed by atoms with Crippen LogP contribution in [0.15, 0.2) is 24.3 Å². The molecule has 2 N–H and O–H groups in total. The van der Waals surface area contributed by atoms with E-state index in [-0.39, 0.29) is 17.7 Å². The van der Waals surface area contributed by atoms with Crippen molar-refractivity contribution in [3.63, 3.8) is 0 Å². The number of nitrogens with one attached hydrogen (secondary N) is 1. The minimum Gasteiger partial charge on any atom is -0.480 e. The Morgan fingerprint density at radius 2 is 1.45 bits per heavy atom. The van der Waals surface area contributed by atoms with E-state index >= 15 is 0 Å². The van der Waals surface area contributed by atoms with Gasteiger partial charge in [-0.25, -0.2) is 4.79 Å². The van der Waals surface area contributed by atoms with Crippen LogP contribution in [0.4, 0.5) is 0 Å². The van der Waals surface area contributed by atoms with Crippen molar-refractivity contribution in [1.29, 1.82) is 0 Å². The fourth-order valence-electron chi connectivity index (χ4n) is 6.93. The second-order valence-electron chi connectivity index (χ2n) is 12.1. The molecule has 4 saturated carbocycles. The molecule has 1 aromatic carbocycles. The van der Waals surface area contributed by atoms with Gasteiger partial charge in [0, 0.05) is 11.8 Å². The zero-order valence-electron chi connectivity index (χ0n) is 20.2. The molecule has 0 radical (unpaired) electrons. The van der Waals surface area contributed by atoms with Crippen LogP contribution in [0.5, 0.6) is 0 Å². The molecule has 1 heterocycles. The van der Waals surface area contributed by atoms with Crippen LogP contribution in [0.25, 0.3) is 0 Å². The van der Waals surface area contributed by atoms with Crippen LogP contribution in [0.1, 0.15) is 71.8 Å². The highest BCUT2D eigenvalue weighted by Crippen LogP contribution is 2.60. The molecule has 6 rings (SSSR count). The lowest BCUT2D eigenvalue weighted by Crippen LogP contribution is -2.56. The number of carbonyl (C=O) groups is 2. The van der Waals surface area contributed by atoms with Gasteiger partial charge in [0.25, 0.3) is 0 Å². The lowest BCUT2D eigenvalue weighted by atomic mass is 9.49. The van der Waals surface area contributed by atoms with E-state index in [9.17, 15) is 14.7 Å². The zero-order valence-corrected chi connectivity index (χ0v) is 20.2. The number of hydrogen-bond donors (Lipinski definition) is 2. The summed E-state index contributed by atoms with van der Waals surface area (Å²) in [6.45, 7) is 8.08. The van der Waals surface area contributed by atoms with E-state index in [0.717, 1.165) is 30.3 Å². The number of amides is 1. The molecule has 1 saturated heterocycles. The molecule has 5 aliphatic rings. The second-order valence-corrected chi connectivity index (χ2v) is 12.1. The predicted molar refractivity (Wildman–Crippen MR) is 126 cm³/mol. The fourth-order valence-corrected chi connectivity index (χ4v) is 6.93. The molecule has 6 nitrogen and oxygen atoms in total. The quantitative estimate of drug-likeness (QED) is 0.646. The summed E-state index contributed by atoms with van der Waals surface area (Å²) in [5, 5.41) is 12.8. The van der Waals surface area contributed by atoms with Gasteiger partial charge in [-0.05, 0) is 95.0 Å². The first-order valence-corrected chi connectivity index (χ1v) is 12.4. The molecule has 1 amide bonds. The van der Waals surface area contributed by atoms with Crippen molar-refractivity contribution < 1.29 is 24.0 Å². The standard InChI is InChI=1S/C26H36BNO5/c1-24(2)25(3,4)33-27(32-24)20-7-5-16(6-8-20)12-21(22(29)30)28-23(31)26-13-17-9-18(14-26)11-19(10-17)15-26/h5-8,17-19,21H,9-15H2,1-4H3,(H,28,31)(H,29,30)/t17?,18?,19?,21-,26?/m1/s1. The summed E-state index contributed by atoms with van der Waals surface area (Å²) < 4.78 is 12.2. The summed E-state index contributed by atoms with van der Waals surface area (Å²) >= 11 is 0. The summed E-state index contributed by atoms with van der Waals surface area (Å²) in [6, 6.07) is 6.75. The molecule has 0 unspecified atom stereocenters. The van der Waals surface area contributed by atoms with Gasteiger partial charge in [-0.15, -0.1) is 0 Å². The summed E-state index contributed by atoms with van der Waals surface area (Å²) in [6.07, 6.45) is 6.81. The Balaban J connectivity index is 1.25. The Bertz CT molecular complexity index is 889. The number of carbonyl (C=O) groups excluding carboxylic acids is 1. The average molecular weight is 453 g/mol. The van der Waals surface area contributed by atoms with Gasteiger partial charge in [-0.3, -0.25) is 4.79 Å². The fraction of sp³-hybridized carbons (Fsp3) is 0.692. The highest BCUT2D eigenvalue weighted by Gasteiger charge is 2.55. The lowest BCUT2D eigenvalue weighted by Gasteiger charge is -2.55. The van der Waals surface area contributed by atoms with Crippen LogP contribution >= 0.6 is 0 Å². The Labute approximate surface area is 196 Å². The van der Waals surface area contributed by atoms with E-state index in [1.807, 2.05) is 52.0 Å². The third kappa shape index (κ3) is 4.12. The van der Waals surface area contributed by atoms with Crippen molar-refractivity contribution in [2.45, 2.75) is 89.9 Å². The minimum atomic E-state index is -0.983. The topological polar surface area (TPSA) is 84.9 Å². The van der Waals surface area contributed by atoms with E-state index < -0.39 is 30.3 Å². The van der Waals surface area contributed by atoms with Gasteiger partial charge in [0.05, 0.1) is 11.2 Å². The molecule has 7 heteroatoms. The summed E-state index contributed by atoms with van der Waals surface area (Å²) in [5.74, 6) is 0.916. The normalized spacial score (nSPS) is 34.3. The number of hydrogen-bond acceptors (Lipinski definition) is 4. The maximum Gasteiger partial charge on any atom is 0.494 e. The third-order valence-corrected chi connectivity index (χ3v) is 9.07. The van der Waals surface area contributed by atoms with Crippen LogP contribution < -0.4 is 10.8 Å². The monoisotopic (exact) mass is 453 g/mol. The second kappa shape index (κ2) is 7.84. The molecule has 4 aliphatic carbocycles. The summed E-state index contributed by atoms with van der Waals surface area (Å²) in [4.78, 5) is 25.4. The first-order valence-electron chi connectivity index (χ1n) is 12.4. The number of carboxylic acid groups (broad SMARTS) is 1. The molecule has 0 spiro atoms. The zero-order chi connectivity index (χ0) is 23.6. The van der Waals surface area contributed by atoms with Gasteiger partial charge in [0.2, 0.25) is 5.91 Å². The molecule has 5 fully saturated rings. The number of rotatable bonds is 6. The molecule has 33 heavy (non-hydrogen) atoms. The Morgan fingerprint density at radius 1 is 0.970 bits per heavy atom. The molecular weight excluding hydrogens is 417 g/mol. The van der Waals surface area contributed by atoms with Gasteiger partial charge in [0.15, 0.2) is 0 Å². The Hall–Kier alpha value is -1.86. The molecular formula is C26H36BNO5. The van der Waals surface area contributed by atoms with Crippen LogP contribution in [0.3, 0.4) is 0 Å². The van der Waals surface area contributed by atoms with E-state index in [0.29, 0.717) is 17.8 Å². The molecule has 1 aliphatic heterocycles. The van der Waals surface area contributed by atoms with E-state index in [4.69, 9.17) is 9.31 Å². The van der Waals surface area contributed by atoms with Gasteiger partial charge in [0.1, 0.15) is 6.04 Å². The Kier molecular flexibility index (Phi) is 5.44. The minimum absolute atomic E-state index is 0.0390. The van der Waals surface area contributed by atoms with Gasteiger partial charge < -0.3 is 19.7 Å². The van der Waals surface area contributed by atoms with Crippen LogP contribution in [0, 0.1) is 23.2 Å². The van der Waals surface area contributed by atoms with Gasteiger partial charge in [-0.2, -0.15) is 0 Å². The maximum atomic E-state index is 13.3. The van der Waals surface area contributed by atoms with Gasteiger partial charge >= 0.3 is 13.1 Å². The smallest absolute Gasteiger partial charge is 0.480 e. The van der Waals surface area contributed by atoms with Crippen molar-refractivity contribution in [2.75, 3.05) is 0 Å². The molecule has 0 aromatic heterocycles. The predicted octanol–water partition coefficient (Wildman–Crippen LogP) is 3.31. The molecule has 4 bridgehead atoms. The summed E-state index contributed by atoms with van der Waals surface area (Å²) in [5.41, 5.74) is 0.608. The van der Waals surface area contributed by atoms with Crippen molar-refractivity contribution in [3.8, 4) is 0 Å². The SMILES string of the molecule is CC1(C)OB(c2ccc(C[C@@H](NC(=O)C34CC5CC(CC(C5)C3)C4)C(=O)O)cc2)OC1(C)C. The van der Waals surface area contributed by atoms with Crippen LogP contribution in [-0.4, -0.2) is 41.3 Å². The van der Waals surface area contributed by atoms with Crippen molar-refractivity contribution in [3.05, 3.63) is 29.8 Å². The van der Waals surface area contributed by atoms with E-state index in [1.54, 1.807) is 0 Å². The molecule has 178 valence electrons. The highest BCUT2D eigenvalue weighted by atomic mass is 16.7. The van der Waals surface area contributed by atoms with Crippen molar-refractivity contribution in [2.24, 2.45) is 23.2 Å². The van der Waals surface area contributed by atoms with E-state index in [2.05, 4.69) is 5.32 Å². The van der Waals surface area contributed by atoms with Crippen molar-refractivity contribution >= 4 is 24.5 Å². The third-order valence-electron chi connectivity index (χ3n) is 9.07. The van der Waals surface area contributed by atoms with E-state index in [1.165, 1.54) is 19.3 Å². The largest absolute Gasteiger partial charge is 0.494 e. The lowest BCUT2D eigenvalue weighted by molar-refractivity contribution is -0.151. The first-order chi connectivity index (χ1) is 15.5. The first kappa shape index (κ1) is 22.9. The highest BCUT2D eigenvalue weighted by molar-refractivity contribution is 6.62. The number of benzene rings is 1. The molecule has 1 atom stereocenters. The number of aliphatic carboxylic acids is 1. The Morgan fingerprint density at radius 3 is 1.91 bits per heavy atom. The van der Waals surface area contributed by atoms with Crippen molar-refractivity contribution in [1.82, 2.24) is 5.32 Å². The van der Waals surface area contributed by atoms with Crippen LogP contribution in [-0.2, 0) is 25.3 Å². The van der Waals surface area contributed by atoms with Crippen LogP contribution in [0.2, 0.25) is 0 Å². The maximum absolute atomic E-state index is 13.3. The molecule has 1 aromatic rings. The van der Waals surface area contributed by atoms with Gasteiger partial charge in [-0.1, -0.05) is 24.3 Å². The average Bonchev–Trinajstić information content (AvgIpc) is 2.94. The summed E-state index contributed by atoms with van der Waals surface area (Å²) in [7, 11) is -0.449. The number of carboxylic acids is 1.